The van der Waals surface area contributed by atoms with Gasteiger partial charge < -0.3 is 19.7 Å². The Morgan fingerprint density at radius 2 is 2.00 bits per heavy atom. The van der Waals surface area contributed by atoms with E-state index in [0.717, 1.165) is 23.3 Å². The molecule has 0 saturated carbocycles. The summed E-state index contributed by atoms with van der Waals surface area (Å²) in [6, 6.07) is 7.68. The molecule has 0 atom stereocenters. The third-order valence-corrected chi connectivity index (χ3v) is 4.17. The van der Waals surface area contributed by atoms with Gasteiger partial charge in [0.1, 0.15) is 0 Å². The standard InChI is InChI=1S/C18H21N3O3/c1-23-16-8-14-5-7-21(12-15(14)9-17(16)24-2)18(22)20-11-13-4-3-6-19-10-13/h3-4,6,8-10H,5,7,11-12H2,1-2H3,(H,20,22). The lowest BCUT2D eigenvalue weighted by molar-refractivity contribution is 0.191. The van der Waals surface area contributed by atoms with Crippen molar-refractivity contribution in [2.24, 2.45) is 0 Å². The lowest BCUT2D eigenvalue weighted by atomic mass is 9.99. The minimum Gasteiger partial charge on any atom is -0.493 e. The zero-order chi connectivity index (χ0) is 16.9. The van der Waals surface area contributed by atoms with Crippen molar-refractivity contribution in [3.8, 4) is 11.5 Å². The van der Waals surface area contributed by atoms with E-state index in [-0.39, 0.29) is 6.03 Å². The molecular formula is C18H21N3O3. The minimum atomic E-state index is -0.0701. The highest BCUT2D eigenvalue weighted by molar-refractivity contribution is 5.74. The number of nitrogens with zero attached hydrogens (tertiary/aromatic N) is 2. The molecule has 3 rings (SSSR count). The highest BCUT2D eigenvalue weighted by atomic mass is 16.5. The number of carbonyl (C=O) groups is 1. The molecule has 1 aromatic heterocycles. The molecular weight excluding hydrogens is 306 g/mol. The highest BCUT2D eigenvalue weighted by Gasteiger charge is 2.22. The van der Waals surface area contributed by atoms with Gasteiger partial charge in [-0.1, -0.05) is 6.07 Å². The van der Waals surface area contributed by atoms with E-state index in [1.54, 1.807) is 26.6 Å². The van der Waals surface area contributed by atoms with Crippen molar-refractivity contribution in [2.75, 3.05) is 20.8 Å². The molecule has 2 heterocycles. The number of carbonyl (C=O) groups excluding carboxylic acids is 1. The van der Waals surface area contributed by atoms with E-state index in [4.69, 9.17) is 9.47 Å². The van der Waals surface area contributed by atoms with Gasteiger partial charge >= 0.3 is 6.03 Å². The van der Waals surface area contributed by atoms with Gasteiger partial charge in [-0.15, -0.1) is 0 Å². The van der Waals surface area contributed by atoms with Crippen LogP contribution in [0.25, 0.3) is 0 Å². The maximum Gasteiger partial charge on any atom is 0.317 e. The third kappa shape index (κ3) is 3.42. The molecule has 0 aliphatic carbocycles. The SMILES string of the molecule is COc1cc2c(cc1OC)CN(C(=O)NCc1cccnc1)CC2. The molecule has 0 spiro atoms. The monoisotopic (exact) mass is 327 g/mol. The summed E-state index contributed by atoms with van der Waals surface area (Å²) in [5, 5.41) is 2.94. The lowest BCUT2D eigenvalue weighted by Gasteiger charge is -2.29. The first kappa shape index (κ1) is 16.1. The maximum atomic E-state index is 12.4. The van der Waals surface area contributed by atoms with E-state index in [9.17, 15) is 4.79 Å². The zero-order valence-corrected chi connectivity index (χ0v) is 13.9. The normalized spacial score (nSPS) is 13.2. The van der Waals surface area contributed by atoms with Crippen LogP contribution in [-0.4, -0.2) is 36.7 Å². The Morgan fingerprint density at radius 3 is 2.67 bits per heavy atom. The summed E-state index contributed by atoms with van der Waals surface area (Å²) >= 11 is 0. The molecule has 0 unspecified atom stereocenters. The van der Waals surface area contributed by atoms with Crippen molar-refractivity contribution in [3.05, 3.63) is 53.3 Å². The van der Waals surface area contributed by atoms with Gasteiger partial charge in [0.25, 0.3) is 0 Å². The number of hydrogen-bond acceptors (Lipinski definition) is 4. The van der Waals surface area contributed by atoms with Crippen molar-refractivity contribution < 1.29 is 14.3 Å². The van der Waals surface area contributed by atoms with Gasteiger partial charge in [0.2, 0.25) is 0 Å². The van der Waals surface area contributed by atoms with Gasteiger partial charge in [-0.3, -0.25) is 4.98 Å². The van der Waals surface area contributed by atoms with E-state index >= 15 is 0 Å². The molecule has 126 valence electrons. The molecule has 2 amide bonds. The molecule has 0 fully saturated rings. The van der Waals surface area contributed by atoms with Crippen LogP contribution >= 0.6 is 0 Å². The fourth-order valence-electron chi connectivity index (χ4n) is 2.85. The van der Waals surface area contributed by atoms with E-state index in [0.29, 0.717) is 25.4 Å². The summed E-state index contributed by atoms with van der Waals surface area (Å²) in [4.78, 5) is 18.3. The second kappa shape index (κ2) is 7.21. The van der Waals surface area contributed by atoms with Gasteiger partial charge in [0.05, 0.1) is 14.2 Å². The minimum absolute atomic E-state index is 0.0701. The van der Waals surface area contributed by atoms with Crippen LogP contribution in [0, 0.1) is 0 Å². The molecule has 1 aliphatic heterocycles. The first-order chi connectivity index (χ1) is 11.7. The number of aromatic nitrogens is 1. The van der Waals surface area contributed by atoms with Gasteiger partial charge in [0, 0.05) is 32.0 Å². The van der Waals surface area contributed by atoms with Crippen molar-refractivity contribution in [1.82, 2.24) is 15.2 Å². The van der Waals surface area contributed by atoms with Crippen molar-refractivity contribution in [2.45, 2.75) is 19.5 Å². The Kier molecular flexibility index (Phi) is 4.84. The summed E-state index contributed by atoms with van der Waals surface area (Å²) < 4.78 is 10.7. The first-order valence-electron chi connectivity index (χ1n) is 7.86. The molecule has 6 heteroatoms. The molecule has 0 radical (unpaired) electrons. The number of hydrogen-bond donors (Lipinski definition) is 1. The predicted molar refractivity (Wildman–Crippen MR) is 90.1 cm³/mol. The molecule has 1 N–H and O–H groups in total. The summed E-state index contributed by atoms with van der Waals surface area (Å²) in [5.74, 6) is 1.42. The Hall–Kier alpha value is -2.76. The van der Waals surface area contributed by atoms with Gasteiger partial charge in [-0.05, 0) is 41.3 Å². The predicted octanol–water partition coefficient (Wildman–Crippen LogP) is 2.37. The average Bonchev–Trinajstić information content (AvgIpc) is 2.65. The van der Waals surface area contributed by atoms with E-state index < -0.39 is 0 Å². The topological polar surface area (TPSA) is 63.7 Å². The van der Waals surface area contributed by atoms with Crippen LogP contribution in [0.4, 0.5) is 4.79 Å². The van der Waals surface area contributed by atoms with E-state index in [1.165, 1.54) is 5.56 Å². The Morgan fingerprint density at radius 1 is 1.25 bits per heavy atom. The smallest absolute Gasteiger partial charge is 0.317 e. The number of fused-ring (bicyclic) bond motifs is 1. The Balaban J connectivity index is 1.66. The molecule has 24 heavy (non-hydrogen) atoms. The molecule has 6 nitrogen and oxygen atoms in total. The second-order valence-corrected chi connectivity index (χ2v) is 5.67. The van der Waals surface area contributed by atoms with Crippen molar-refractivity contribution in [1.29, 1.82) is 0 Å². The number of nitrogens with one attached hydrogen (secondary N) is 1. The largest absolute Gasteiger partial charge is 0.493 e. The lowest BCUT2D eigenvalue weighted by Crippen LogP contribution is -2.42. The summed E-state index contributed by atoms with van der Waals surface area (Å²) in [6.45, 7) is 1.72. The maximum absolute atomic E-state index is 12.4. The Bertz CT molecular complexity index is 719. The number of benzene rings is 1. The van der Waals surface area contributed by atoms with Crippen LogP contribution in [0.1, 0.15) is 16.7 Å². The number of ether oxygens (including phenoxy) is 2. The molecule has 1 aromatic carbocycles. The number of rotatable bonds is 4. The van der Waals surface area contributed by atoms with Crippen molar-refractivity contribution in [3.63, 3.8) is 0 Å². The molecule has 0 saturated heterocycles. The summed E-state index contributed by atoms with van der Waals surface area (Å²) in [5.41, 5.74) is 3.27. The Labute approximate surface area is 141 Å². The second-order valence-electron chi connectivity index (χ2n) is 5.67. The van der Waals surface area contributed by atoms with Crippen LogP contribution in [0.15, 0.2) is 36.7 Å². The summed E-state index contributed by atoms with van der Waals surface area (Å²) in [6.07, 6.45) is 4.27. The fourth-order valence-corrected chi connectivity index (χ4v) is 2.85. The van der Waals surface area contributed by atoms with Crippen LogP contribution < -0.4 is 14.8 Å². The van der Waals surface area contributed by atoms with Gasteiger partial charge in [-0.25, -0.2) is 4.79 Å². The quantitative estimate of drug-likeness (QED) is 0.936. The molecule has 1 aliphatic rings. The summed E-state index contributed by atoms with van der Waals surface area (Å²) in [7, 11) is 3.25. The fraction of sp³-hybridized carbons (Fsp3) is 0.333. The third-order valence-electron chi connectivity index (χ3n) is 4.17. The zero-order valence-electron chi connectivity index (χ0n) is 13.9. The average molecular weight is 327 g/mol. The number of methoxy groups -OCH3 is 2. The van der Waals surface area contributed by atoms with E-state index in [2.05, 4.69) is 10.3 Å². The van der Waals surface area contributed by atoms with Crippen molar-refractivity contribution >= 4 is 6.03 Å². The van der Waals surface area contributed by atoms with E-state index in [1.807, 2.05) is 29.2 Å². The molecule has 0 bridgehead atoms. The van der Waals surface area contributed by atoms with Crippen LogP contribution in [0.5, 0.6) is 11.5 Å². The van der Waals surface area contributed by atoms with Crippen LogP contribution in [0.2, 0.25) is 0 Å². The number of amides is 2. The first-order valence-corrected chi connectivity index (χ1v) is 7.86. The van der Waals surface area contributed by atoms with Crippen LogP contribution in [0.3, 0.4) is 0 Å². The van der Waals surface area contributed by atoms with Gasteiger partial charge in [-0.2, -0.15) is 0 Å². The highest BCUT2D eigenvalue weighted by Crippen LogP contribution is 2.33. The number of pyridine rings is 1. The van der Waals surface area contributed by atoms with Gasteiger partial charge in [0.15, 0.2) is 11.5 Å². The van der Waals surface area contributed by atoms with Crippen LogP contribution in [-0.2, 0) is 19.5 Å². The molecule has 2 aromatic rings. The number of urea groups is 1.